The van der Waals surface area contributed by atoms with Gasteiger partial charge < -0.3 is 47.3 Å². The van der Waals surface area contributed by atoms with Crippen molar-refractivity contribution in [2.45, 2.75) is 70.3 Å². The number of carbonyl (C=O) groups excluding carboxylic acids is 4. The van der Waals surface area contributed by atoms with Crippen LogP contribution in [0.5, 0.6) is 0 Å². The summed E-state index contributed by atoms with van der Waals surface area (Å²) in [6, 6.07) is 17.3. The van der Waals surface area contributed by atoms with Gasteiger partial charge in [-0.25, -0.2) is 9.59 Å². The molecule has 3 amide bonds. The minimum atomic E-state index is -1.33. The van der Waals surface area contributed by atoms with E-state index in [-0.39, 0.29) is 32.1 Å². The molecule has 0 saturated heterocycles. The Hall–Kier alpha value is -4.69. The molecular weight excluding hydrogens is 606 g/mol. The molecule has 0 spiro atoms. The van der Waals surface area contributed by atoms with E-state index in [1.165, 1.54) is 4.90 Å². The molecular formula is C33H49N7O7. The maximum Gasteiger partial charge on any atom is 0.410 e. The lowest BCUT2D eigenvalue weighted by molar-refractivity contribution is -0.140. The number of carbonyl (C=O) groups is 4. The Morgan fingerprint density at radius 3 is 2.00 bits per heavy atom. The van der Waals surface area contributed by atoms with Gasteiger partial charge >= 0.3 is 12.2 Å². The van der Waals surface area contributed by atoms with Crippen molar-refractivity contribution >= 4 is 29.8 Å². The quantitative estimate of drug-likeness (QED) is 0.0468. The molecule has 0 aliphatic carbocycles. The highest BCUT2D eigenvalue weighted by molar-refractivity contribution is 6.38. The molecule has 0 radical (unpaired) electrons. The number of ether oxygens (including phenoxy) is 2. The van der Waals surface area contributed by atoms with Crippen LogP contribution in [-0.4, -0.2) is 84.7 Å². The van der Waals surface area contributed by atoms with Crippen LogP contribution < -0.4 is 27.8 Å². The van der Waals surface area contributed by atoms with Gasteiger partial charge in [0.15, 0.2) is 5.96 Å². The van der Waals surface area contributed by atoms with E-state index in [9.17, 15) is 24.3 Å². The van der Waals surface area contributed by atoms with Gasteiger partial charge in [0.2, 0.25) is 5.78 Å². The fourth-order valence-corrected chi connectivity index (χ4v) is 4.41. The van der Waals surface area contributed by atoms with E-state index < -0.39 is 36.0 Å². The van der Waals surface area contributed by atoms with E-state index in [0.29, 0.717) is 51.9 Å². The summed E-state index contributed by atoms with van der Waals surface area (Å²) in [5.74, 6) is -1.74. The maximum absolute atomic E-state index is 12.9. The predicted octanol–water partition coefficient (Wildman–Crippen LogP) is 1.93. The number of hydrogen-bond donors (Lipinski definition) is 6. The Labute approximate surface area is 276 Å². The zero-order valence-corrected chi connectivity index (χ0v) is 26.9. The number of aliphatic imine (C=N–C) groups is 1. The SMILES string of the molecule is NC(N)=NCCCCCC(O)C(N)C(=O)C(=O)NCCCCN(CCCNC(=O)OCc1ccccc1)C(=O)OCc1ccccc1. The number of rotatable bonds is 22. The zero-order chi connectivity index (χ0) is 34.3. The highest BCUT2D eigenvalue weighted by Crippen LogP contribution is 2.08. The molecule has 2 atom stereocenters. The first-order valence-corrected chi connectivity index (χ1v) is 15.9. The summed E-state index contributed by atoms with van der Waals surface area (Å²) in [5, 5.41) is 15.5. The number of unbranched alkanes of at least 4 members (excludes halogenated alkanes) is 3. The average molecular weight is 656 g/mol. The smallest absolute Gasteiger partial charge is 0.410 e. The monoisotopic (exact) mass is 655 g/mol. The number of ketones is 1. The summed E-state index contributed by atoms with van der Waals surface area (Å²) < 4.78 is 10.7. The number of alkyl carbamates (subject to hydrolysis) is 1. The molecule has 14 nitrogen and oxygen atoms in total. The van der Waals surface area contributed by atoms with E-state index in [2.05, 4.69) is 15.6 Å². The number of nitrogens with two attached hydrogens (primary N) is 3. The second-order valence-corrected chi connectivity index (χ2v) is 10.9. The molecule has 0 aromatic heterocycles. The van der Waals surface area contributed by atoms with Crippen molar-refractivity contribution in [3.63, 3.8) is 0 Å². The Balaban J connectivity index is 1.72. The fourth-order valence-electron chi connectivity index (χ4n) is 4.41. The normalized spacial score (nSPS) is 11.9. The lowest BCUT2D eigenvalue weighted by Gasteiger charge is -2.22. The Bertz CT molecular complexity index is 1240. The molecule has 0 saturated carbocycles. The molecule has 2 unspecified atom stereocenters. The molecule has 47 heavy (non-hydrogen) atoms. The van der Waals surface area contributed by atoms with Crippen molar-refractivity contribution in [3.8, 4) is 0 Å². The van der Waals surface area contributed by atoms with Crippen molar-refractivity contribution in [1.29, 1.82) is 0 Å². The molecule has 2 aromatic rings. The second kappa shape index (κ2) is 22.8. The highest BCUT2D eigenvalue weighted by atomic mass is 16.6. The lowest BCUT2D eigenvalue weighted by atomic mass is 10.0. The standard InChI is InChI=1S/C33H49N7O7/c34-28(27(41)17-8-3-9-19-38-31(35)36)29(42)30(43)37-18-10-11-21-40(33(45)47-24-26-15-6-2-7-16-26)22-12-20-39-32(44)46-23-25-13-4-1-5-14-25/h1-2,4-7,13-16,27-28,41H,3,8-12,17-24,34H2,(H,37,43)(H,39,44)(H4,35,36,38). The summed E-state index contributed by atoms with van der Waals surface area (Å²) in [4.78, 5) is 55.1. The first-order chi connectivity index (χ1) is 22.7. The molecule has 0 fully saturated rings. The van der Waals surface area contributed by atoms with Gasteiger partial charge in [-0.2, -0.15) is 0 Å². The van der Waals surface area contributed by atoms with Gasteiger partial charge in [0.1, 0.15) is 13.2 Å². The average Bonchev–Trinajstić information content (AvgIpc) is 3.08. The third-order valence-electron chi connectivity index (χ3n) is 7.08. The van der Waals surface area contributed by atoms with Crippen LogP contribution in [0.25, 0.3) is 0 Å². The van der Waals surface area contributed by atoms with Crippen LogP contribution in [0.3, 0.4) is 0 Å². The highest BCUT2D eigenvalue weighted by Gasteiger charge is 2.27. The van der Waals surface area contributed by atoms with E-state index in [1.54, 1.807) is 0 Å². The number of guanidine groups is 1. The molecule has 9 N–H and O–H groups in total. The molecule has 0 bridgehead atoms. The van der Waals surface area contributed by atoms with Crippen molar-refractivity contribution in [2.75, 3.05) is 32.7 Å². The third-order valence-corrected chi connectivity index (χ3v) is 7.08. The van der Waals surface area contributed by atoms with Gasteiger partial charge in [0.25, 0.3) is 5.91 Å². The number of Topliss-reactive ketones (excluding diaryl/α,β-unsaturated/α-hetero) is 1. The van der Waals surface area contributed by atoms with Crippen molar-refractivity contribution in [3.05, 3.63) is 71.8 Å². The third kappa shape index (κ3) is 17.0. The number of nitrogens with zero attached hydrogens (tertiary/aromatic N) is 2. The van der Waals surface area contributed by atoms with E-state index in [4.69, 9.17) is 26.7 Å². The second-order valence-electron chi connectivity index (χ2n) is 10.9. The minimum absolute atomic E-state index is 0.0192. The minimum Gasteiger partial charge on any atom is -0.445 e. The van der Waals surface area contributed by atoms with Crippen molar-refractivity contribution in [1.82, 2.24) is 15.5 Å². The van der Waals surface area contributed by atoms with Crippen LogP contribution in [0.2, 0.25) is 0 Å². The number of amides is 3. The lowest BCUT2D eigenvalue weighted by Crippen LogP contribution is -2.49. The summed E-state index contributed by atoms with van der Waals surface area (Å²) in [5.41, 5.74) is 18.1. The molecule has 0 aliphatic rings. The molecule has 14 heteroatoms. The van der Waals surface area contributed by atoms with Crippen LogP contribution in [0.1, 0.15) is 56.1 Å². The van der Waals surface area contributed by atoms with Gasteiger partial charge in [0, 0.05) is 32.7 Å². The van der Waals surface area contributed by atoms with Gasteiger partial charge in [-0.05, 0) is 43.2 Å². The molecule has 258 valence electrons. The first kappa shape index (κ1) is 38.5. The summed E-state index contributed by atoms with van der Waals surface area (Å²) in [6.07, 6.45) is 1.56. The Morgan fingerprint density at radius 1 is 0.766 bits per heavy atom. The molecule has 2 aromatic carbocycles. The van der Waals surface area contributed by atoms with Crippen LogP contribution in [0.4, 0.5) is 9.59 Å². The number of hydrogen-bond acceptors (Lipinski definition) is 9. The summed E-state index contributed by atoms with van der Waals surface area (Å²) in [7, 11) is 0. The van der Waals surface area contributed by atoms with Gasteiger partial charge in [0.05, 0.1) is 12.1 Å². The van der Waals surface area contributed by atoms with E-state index >= 15 is 0 Å². The van der Waals surface area contributed by atoms with Crippen LogP contribution >= 0.6 is 0 Å². The maximum atomic E-state index is 12.9. The van der Waals surface area contributed by atoms with Crippen molar-refractivity contribution < 1.29 is 33.8 Å². The molecule has 2 rings (SSSR count). The van der Waals surface area contributed by atoms with E-state index in [0.717, 1.165) is 24.0 Å². The summed E-state index contributed by atoms with van der Waals surface area (Å²) in [6.45, 7) is 1.86. The van der Waals surface area contributed by atoms with Crippen LogP contribution in [0.15, 0.2) is 65.7 Å². The van der Waals surface area contributed by atoms with Gasteiger partial charge in [-0.15, -0.1) is 0 Å². The Morgan fingerprint density at radius 2 is 1.36 bits per heavy atom. The number of benzene rings is 2. The molecule has 0 heterocycles. The fraction of sp³-hybridized carbons (Fsp3) is 0.485. The number of aliphatic hydroxyl groups is 1. The number of nitrogens with one attached hydrogen (secondary N) is 2. The van der Waals surface area contributed by atoms with Crippen LogP contribution in [-0.2, 0) is 32.3 Å². The predicted molar refractivity (Wildman–Crippen MR) is 178 cm³/mol. The molecule has 0 aliphatic heterocycles. The topological polar surface area (TPSA) is 225 Å². The van der Waals surface area contributed by atoms with Crippen molar-refractivity contribution in [2.24, 2.45) is 22.2 Å². The largest absolute Gasteiger partial charge is 0.445 e. The van der Waals surface area contributed by atoms with Gasteiger partial charge in [-0.1, -0.05) is 73.5 Å². The Kier molecular flexibility index (Phi) is 18.6. The zero-order valence-electron chi connectivity index (χ0n) is 26.9. The number of aliphatic hydroxyl groups excluding tert-OH is 1. The van der Waals surface area contributed by atoms with Gasteiger partial charge in [-0.3, -0.25) is 14.6 Å². The summed E-state index contributed by atoms with van der Waals surface area (Å²) >= 11 is 0. The van der Waals surface area contributed by atoms with Crippen LogP contribution in [0, 0.1) is 0 Å². The first-order valence-electron chi connectivity index (χ1n) is 15.9. The van der Waals surface area contributed by atoms with E-state index in [1.807, 2.05) is 60.7 Å².